The second-order valence-corrected chi connectivity index (χ2v) is 1.34. The molecule has 0 radical (unpaired) electrons. The van der Waals surface area contributed by atoms with Gasteiger partial charge in [-0.1, -0.05) is 0 Å². The van der Waals surface area contributed by atoms with Crippen molar-refractivity contribution in [2.75, 3.05) is 0 Å². The predicted octanol–water partition coefficient (Wildman–Crippen LogP) is -1.45. The minimum Gasteiger partial charge on any atom is -2.00 e. The Bertz CT molecular complexity index is 103. The summed E-state index contributed by atoms with van der Waals surface area (Å²) in [4.78, 5) is 0. The maximum Gasteiger partial charge on any atom is 3.00 e. The van der Waals surface area contributed by atoms with Gasteiger partial charge in [-0.15, -0.1) is 0 Å². The third kappa shape index (κ3) is 1880. The largest absolute Gasteiger partial charge is 3.00 e. The Labute approximate surface area is 91.5 Å². The van der Waals surface area contributed by atoms with Gasteiger partial charge in [-0.25, -0.2) is 0 Å². The van der Waals surface area contributed by atoms with Gasteiger partial charge in [0.15, 0.2) is 0 Å². The van der Waals surface area contributed by atoms with Crippen molar-refractivity contribution in [3.63, 3.8) is 0 Å². The average molecular weight is 234 g/mol. The van der Waals surface area contributed by atoms with E-state index >= 15 is 0 Å². The molecule has 0 spiro atoms. The molecule has 0 atom stereocenters. The first-order valence-electron chi connectivity index (χ1n) is 0.698. The first-order valence-corrected chi connectivity index (χ1v) is 2.10. The molecule has 8 N–H and O–H groups in total. The number of hydrogen-bond donors (Lipinski definition) is 4. The summed E-state index contributed by atoms with van der Waals surface area (Å²) in [6, 6.07) is 0. The minimum absolute atomic E-state index is 0. The van der Waals surface area contributed by atoms with E-state index in [9.17, 15) is 0 Å². The van der Waals surface area contributed by atoms with Crippen LogP contribution in [0.3, 0.4) is 0 Å². The van der Waals surface area contributed by atoms with Crippen LogP contribution in [-0.2, 0) is 26.8 Å². The van der Waals surface area contributed by atoms with Crippen LogP contribution in [0.2, 0.25) is 0 Å². The Hall–Kier alpha value is 0.735. The molecule has 0 rings (SSSR count). The molecule has 0 aliphatic rings. The molecule has 9 nitrogen and oxygen atoms in total. The van der Waals surface area contributed by atoms with Gasteiger partial charge in [-0.3, -0.25) is 9.11 Å². The topological polar surface area (TPSA) is 230 Å². The van der Waals surface area contributed by atoms with Crippen LogP contribution in [0.15, 0.2) is 0 Å². The molecule has 0 heterocycles. The van der Waals surface area contributed by atoms with Crippen molar-refractivity contribution < 1.29 is 34.0 Å². The van der Waals surface area contributed by atoms with E-state index in [0.29, 0.717) is 0 Å². The van der Waals surface area contributed by atoms with Crippen LogP contribution < -0.4 is 12.3 Å². The Kier molecular flexibility index (Phi) is 194. The van der Waals surface area contributed by atoms with Gasteiger partial charge in [-0.05, 0) is 0 Å². The van der Waals surface area contributed by atoms with E-state index in [1.165, 1.54) is 0 Å². The Balaban J connectivity index is -0.00000000381. The van der Waals surface area contributed by atoms with Crippen molar-refractivity contribution in [3.8, 4) is 0 Å². The summed E-state index contributed by atoms with van der Waals surface area (Å²) in [6.07, 6.45) is 0. The molecule has 0 aliphatic carbocycles. The van der Waals surface area contributed by atoms with E-state index in [1.807, 2.05) is 0 Å². The van der Waals surface area contributed by atoms with Crippen molar-refractivity contribution in [1.82, 2.24) is 12.3 Å². The molecule has 0 saturated carbocycles. The summed E-state index contributed by atoms with van der Waals surface area (Å²) in [6.45, 7) is 0. The van der Waals surface area contributed by atoms with Crippen molar-refractivity contribution in [3.05, 3.63) is 0 Å². The molecule has 0 aromatic heterocycles. The molecule has 0 saturated heterocycles. The second kappa shape index (κ2) is 29.8. The Morgan fingerprint density at radius 2 is 0.750 bits per heavy atom. The van der Waals surface area contributed by atoms with Crippen molar-refractivity contribution in [1.29, 1.82) is 0 Å². The molecule has 12 heteroatoms. The maximum absolute atomic E-state index is 8.74. The van der Waals surface area contributed by atoms with E-state index in [1.54, 1.807) is 0 Å². The van der Waals surface area contributed by atoms with E-state index < -0.39 is 10.4 Å². The van der Waals surface area contributed by atoms with Gasteiger partial charge in [0.25, 0.3) is 0 Å². The zero-order chi connectivity index (χ0) is 4.50. The van der Waals surface area contributed by atoms with Crippen LogP contribution in [0.25, 0.3) is 0 Å². The van der Waals surface area contributed by atoms with E-state index in [0.717, 1.165) is 0 Å². The average Bonchev–Trinajstić information content (AvgIpc) is 0.722. The van der Waals surface area contributed by atoms with Crippen molar-refractivity contribution in [2.45, 2.75) is 0 Å². The normalized spacial score (nSPS) is 4.83. The van der Waals surface area contributed by atoms with E-state index in [4.69, 9.17) is 17.5 Å². The van der Waals surface area contributed by atoms with Gasteiger partial charge in [0.2, 0.25) is 0 Å². The molecule has 0 unspecified atom stereocenters. The van der Waals surface area contributed by atoms with Crippen LogP contribution in [0.1, 0.15) is 0 Å². The van der Waals surface area contributed by atoms with Gasteiger partial charge < -0.3 is 28.7 Å². The smallest absolute Gasteiger partial charge is 2.00 e. The zero-order valence-corrected chi connectivity index (χ0v) is 9.04. The third-order valence-corrected chi connectivity index (χ3v) is 0. The van der Waals surface area contributed by atoms with Gasteiger partial charge in [0, 0.05) is 0 Å². The van der Waals surface area contributed by atoms with Crippen LogP contribution >= 0.6 is 0 Å². The molecule has 0 aromatic rings. The Morgan fingerprint density at radius 1 is 0.750 bits per heavy atom. The molecule has 0 aliphatic heterocycles. The zero-order valence-electron chi connectivity index (χ0n) is 5.91. The van der Waals surface area contributed by atoms with Crippen LogP contribution in [0, 0.1) is 0 Å². The molecule has 0 fully saturated rings. The first kappa shape index (κ1) is 78.2. The summed E-state index contributed by atoms with van der Waals surface area (Å²) in [7, 11) is -4.67. The van der Waals surface area contributed by atoms with Crippen LogP contribution in [-0.4, -0.2) is 52.2 Å². The molecule has 0 aromatic carbocycles. The van der Waals surface area contributed by atoms with Gasteiger partial charge >= 0.3 is 45.1 Å². The summed E-state index contributed by atoms with van der Waals surface area (Å²) in [5.74, 6) is 0. The fourth-order valence-corrected chi connectivity index (χ4v) is 0. The number of rotatable bonds is 0. The fraction of sp³-hybridized carbons (Fsp3) is 0. The second-order valence-electron chi connectivity index (χ2n) is 0.448. The van der Waals surface area contributed by atoms with E-state index in [2.05, 4.69) is 0 Å². The first-order chi connectivity index (χ1) is 2.00. The SMILES string of the molecule is N.N.O=S(=O)(O)O.[Al+3].[Al+3].[O-2].[O-2].[O-2]. The summed E-state index contributed by atoms with van der Waals surface area (Å²) in [5, 5.41) is 0. The summed E-state index contributed by atoms with van der Waals surface area (Å²) in [5.41, 5.74) is 0. The summed E-state index contributed by atoms with van der Waals surface area (Å²) >= 11 is 0. The van der Waals surface area contributed by atoms with Gasteiger partial charge in [0.05, 0.1) is 0 Å². The van der Waals surface area contributed by atoms with Gasteiger partial charge in [-0.2, -0.15) is 8.42 Å². The number of hydrogen-bond acceptors (Lipinski definition) is 4. The standard InChI is InChI=1S/2Al.2H3N.H2O4S.3O/c;;;;1-5(2,3)4;;;/h;;2*1H3;(H2,1,2,3,4);;;/q2*+3;;;;3*-2. The third-order valence-electron chi connectivity index (χ3n) is 0. The quantitative estimate of drug-likeness (QED) is 0.289. The van der Waals surface area contributed by atoms with Gasteiger partial charge in [0.1, 0.15) is 0 Å². The maximum atomic E-state index is 8.74. The van der Waals surface area contributed by atoms with Crippen molar-refractivity contribution >= 4 is 45.1 Å². The summed E-state index contributed by atoms with van der Waals surface area (Å²) < 4.78 is 31.6. The van der Waals surface area contributed by atoms with Crippen molar-refractivity contribution in [2.24, 2.45) is 0 Å². The Morgan fingerprint density at radius 3 is 0.750 bits per heavy atom. The molecule has 72 valence electrons. The molecular formula is H8Al2N2O7S. The van der Waals surface area contributed by atoms with E-state index in [-0.39, 0.29) is 63.5 Å². The molecule has 12 heavy (non-hydrogen) atoms. The van der Waals surface area contributed by atoms with Crippen LogP contribution in [0.4, 0.5) is 0 Å². The minimum atomic E-state index is -4.67. The fourth-order valence-electron chi connectivity index (χ4n) is 0. The monoisotopic (exact) mass is 234 g/mol. The van der Waals surface area contributed by atoms with Crippen LogP contribution in [0.5, 0.6) is 0 Å². The predicted molar refractivity (Wildman–Crippen MR) is 37.8 cm³/mol. The molecule has 0 bridgehead atoms. The molecule has 0 amide bonds. The molecular weight excluding hydrogens is 226 g/mol.